The largest absolute Gasteiger partial charge is 0.504 e. The van der Waals surface area contributed by atoms with Crippen LogP contribution < -0.4 is 4.90 Å². The molecule has 1 aliphatic rings. The molecule has 0 saturated heterocycles. The molecule has 0 atom stereocenters. The Morgan fingerprint density at radius 2 is 2.00 bits per heavy atom. The van der Waals surface area contributed by atoms with E-state index in [2.05, 4.69) is 0 Å². The summed E-state index contributed by atoms with van der Waals surface area (Å²) in [6.07, 6.45) is 1.71. The van der Waals surface area contributed by atoms with Gasteiger partial charge in [-0.05, 0) is 24.5 Å². The van der Waals surface area contributed by atoms with Crippen molar-refractivity contribution >= 4 is 11.6 Å². The summed E-state index contributed by atoms with van der Waals surface area (Å²) in [5, 5.41) is 18.7. The Morgan fingerprint density at radius 1 is 1.33 bits per heavy atom. The average molecular weight is 207 g/mol. The summed E-state index contributed by atoms with van der Waals surface area (Å²) in [6.45, 7) is 2.17. The molecular formula is C11H13NO3. The highest BCUT2D eigenvalue weighted by atomic mass is 16.3. The summed E-state index contributed by atoms with van der Waals surface area (Å²) in [5.41, 5.74) is 1.62. The van der Waals surface area contributed by atoms with Gasteiger partial charge in [0.15, 0.2) is 11.5 Å². The molecular weight excluding hydrogens is 194 g/mol. The third-order valence-electron chi connectivity index (χ3n) is 2.67. The predicted octanol–water partition coefficient (Wildman–Crippen LogP) is 1.40. The van der Waals surface area contributed by atoms with E-state index in [0.717, 1.165) is 18.4 Å². The normalized spacial score (nSPS) is 14.9. The van der Waals surface area contributed by atoms with Crippen molar-refractivity contribution in [2.75, 3.05) is 11.4 Å². The Kier molecular flexibility index (Phi) is 2.26. The van der Waals surface area contributed by atoms with Gasteiger partial charge in [-0.25, -0.2) is 0 Å². The SMILES string of the molecule is CC(=O)N1CCCc2cc(O)c(O)cc21. The van der Waals surface area contributed by atoms with Gasteiger partial charge in [0.05, 0.1) is 5.69 Å². The van der Waals surface area contributed by atoms with E-state index in [1.165, 1.54) is 19.1 Å². The number of aromatic hydroxyl groups is 2. The van der Waals surface area contributed by atoms with Crippen LogP contribution in [0.25, 0.3) is 0 Å². The third-order valence-corrected chi connectivity index (χ3v) is 2.67. The van der Waals surface area contributed by atoms with Gasteiger partial charge in [0, 0.05) is 19.5 Å². The zero-order valence-electron chi connectivity index (χ0n) is 8.53. The molecule has 1 amide bonds. The van der Waals surface area contributed by atoms with Crippen LogP contribution in [0.4, 0.5) is 5.69 Å². The molecule has 0 bridgehead atoms. The van der Waals surface area contributed by atoms with Crippen molar-refractivity contribution in [2.24, 2.45) is 0 Å². The zero-order chi connectivity index (χ0) is 11.0. The molecule has 0 spiro atoms. The molecule has 0 saturated carbocycles. The highest BCUT2D eigenvalue weighted by Crippen LogP contribution is 2.36. The van der Waals surface area contributed by atoms with E-state index in [1.54, 1.807) is 4.90 Å². The van der Waals surface area contributed by atoms with Gasteiger partial charge in [0.1, 0.15) is 0 Å². The molecule has 0 radical (unpaired) electrons. The summed E-state index contributed by atoms with van der Waals surface area (Å²) < 4.78 is 0. The number of phenolic OH excluding ortho intramolecular Hbond substituents is 2. The maximum absolute atomic E-state index is 11.3. The lowest BCUT2D eigenvalue weighted by Crippen LogP contribution is -2.33. The summed E-state index contributed by atoms with van der Waals surface area (Å²) >= 11 is 0. The van der Waals surface area contributed by atoms with Crippen molar-refractivity contribution in [1.29, 1.82) is 0 Å². The number of anilines is 1. The van der Waals surface area contributed by atoms with Crippen molar-refractivity contribution in [3.05, 3.63) is 17.7 Å². The van der Waals surface area contributed by atoms with E-state index < -0.39 is 0 Å². The van der Waals surface area contributed by atoms with Crippen LogP contribution in [-0.2, 0) is 11.2 Å². The Morgan fingerprint density at radius 3 is 2.67 bits per heavy atom. The maximum Gasteiger partial charge on any atom is 0.223 e. The first-order chi connectivity index (χ1) is 7.09. The molecule has 1 aromatic rings. The number of hydrogen-bond donors (Lipinski definition) is 2. The molecule has 15 heavy (non-hydrogen) atoms. The number of phenols is 2. The zero-order valence-corrected chi connectivity index (χ0v) is 8.53. The van der Waals surface area contributed by atoms with Crippen LogP contribution in [0.15, 0.2) is 12.1 Å². The van der Waals surface area contributed by atoms with E-state index in [1.807, 2.05) is 0 Å². The quantitative estimate of drug-likeness (QED) is 0.632. The Hall–Kier alpha value is -1.71. The van der Waals surface area contributed by atoms with E-state index in [4.69, 9.17) is 0 Å². The van der Waals surface area contributed by atoms with E-state index in [0.29, 0.717) is 12.2 Å². The monoisotopic (exact) mass is 207 g/mol. The van der Waals surface area contributed by atoms with Crippen LogP contribution in [0.3, 0.4) is 0 Å². The lowest BCUT2D eigenvalue weighted by Gasteiger charge is -2.28. The second-order valence-corrected chi connectivity index (χ2v) is 3.74. The first-order valence-corrected chi connectivity index (χ1v) is 4.92. The molecule has 1 heterocycles. The van der Waals surface area contributed by atoms with Gasteiger partial charge in [-0.2, -0.15) is 0 Å². The number of rotatable bonds is 0. The fraction of sp³-hybridized carbons (Fsp3) is 0.364. The molecule has 4 nitrogen and oxygen atoms in total. The van der Waals surface area contributed by atoms with Crippen LogP contribution in [0.2, 0.25) is 0 Å². The number of carbonyl (C=O) groups is 1. The molecule has 1 aliphatic heterocycles. The van der Waals surface area contributed by atoms with E-state index in [9.17, 15) is 15.0 Å². The highest BCUT2D eigenvalue weighted by molar-refractivity contribution is 5.93. The molecule has 2 N–H and O–H groups in total. The minimum Gasteiger partial charge on any atom is -0.504 e. The molecule has 0 unspecified atom stereocenters. The van der Waals surface area contributed by atoms with Gasteiger partial charge in [0.2, 0.25) is 5.91 Å². The van der Waals surface area contributed by atoms with Crippen LogP contribution >= 0.6 is 0 Å². The van der Waals surface area contributed by atoms with Crippen molar-refractivity contribution in [1.82, 2.24) is 0 Å². The number of fused-ring (bicyclic) bond motifs is 1. The number of hydrogen-bond acceptors (Lipinski definition) is 3. The van der Waals surface area contributed by atoms with Crippen LogP contribution in [-0.4, -0.2) is 22.7 Å². The number of benzene rings is 1. The molecule has 2 rings (SSSR count). The van der Waals surface area contributed by atoms with Gasteiger partial charge < -0.3 is 15.1 Å². The van der Waals surface area contributed by atoms with Crippen LogP contribution in [0.5, 0.6) is 11.5 Å². The second kappa shape index (κ2) is 3.46. The molecule has 0 aromatic heterocycles. The minimum absolute atomic E-state index is 0.0407. The predicted molar refractivity (Wildman–Crippen MR) is 56.1 cm³/mol. The number of amides is 1. The number of aryl methyl sites for hydroxylation is 1. The smallest absolute Gasteiger partial charge is 0.223 e. The Labute approximate surface area is 87.8 Å². The Bertz CT molecular complexity index is 415. The first-order valence-electron chi connectivity index (χ1n) is 4.92. The van der Waals surface area contributed by atoms with Gasteiger partial charge in [-0.1, -0.05) is 0 Å². The maximum atomic E-state index is 11.3. The van der Waals surface area contributed by atoms with Crippen LogP contribution in [0.1, 0.15) is 18.9 Å². The number of carbonyl (C=O) groups excluding carboxylic acids is 1. The molecule has 0 fully saturated rings. The van der Waals surface area contributed by atoms with Crippen molar-refractivity contribution < 1.29 is 15.0 Å². The summed E-state index contributed by atoms with van der Waals surface area (Å²) in [6, 6.07) is 2.98. The van der Waals surface area contributed by atoms with Gasteiger partial charge >= 0.3 is 0 Å². The summed E-state index contributed by atoms with van der Waals surface area (Å²) in [7, 11) is 0. The van der Waals surface area contributed by atoms with E-state index >= 15 is 0 Å². The van der Waals surface area contributed by atoms with Crippen molar-refractivity contribution in [3.63, 3.8) is 0 Å². The van der Waals surface area contributed by atoms with Crippen molar-refractivity contribution in [2.45, 2.75) is 19.8 Å². The third kappa shape index (κ3) is 1.63. The van der Waals surface area contributed by atoms with Crippen LogP contribution in [0, 0.1) is 0 Å². The second-order valence-electron chi connectivity index (χ2n) is 3.74. The summed E-state index contributed by atoms with van der Waals surface area (Å²) in [4.78, 5) is 13.0. The first kappa shape index (κ1) is 9.83. The van der Waals surface area contributed by atoms with Crippen molar-refractivity contribution in [3.8, 4) is 11.5 Å². The lowest BCUT2D eigenvalue weighted by atomic mass is 10.0. The highest BCUT2D eigenvalue weighted by Gasteiger charge is 2.21. The van der Waals surface area contributed by atoms with Gasteiger partial charge in [-0.3, -0.25) is 4.79 Å². The van der Waals surface area contributed by atoms with Gasteiger partial charge in [-0.15, -0.1) is 0 Å². The molecule has 1 aromatic carbocycles. The average Bonchev–Trinajstić information content (AvgIpc) is 2.18. The molecule has 80 valence electrons. The Balaban J connectivity index is 2.51. The fourth-order valence-electron chi connectivity index (χ4n) is 1.94. The fourth-order valence-corrected chi connectivity index (χ4v) is 1.94. The van der Waals surface area contributed by atoms with Gasteiger partial charge in [0.25, 0.3) is 0 Å². The standard InChI is InChI=1S/C11H13NO3/c1-7(13)12-4-2-3-8-5-10(14)11(15)6-9(8)12/h5-6,14-15H,2-4H2,1H3. The molecule has 0 aliphatic carbocycles. The van der Waals surface area contributed by atoms with E-state index in [-0.39, 0.29) is 17.4 Å². The summed E-state index contributed by atoms with van der Waals surface area (Å²) in [5.74, 6) is -0.345. The topological polar surface area (TPSA) is 60.8 Å². The number of nitrogens with zero attached hydrogens (tertiary/aromatic N) is 1. The minimum atomic E-state index is -0.179. The molecule has 4 heteroatoms. The lowest BCUT2D eigenvalue weighted by molar-refractivity contribution is -0.116.